The van der Waals surface area contributed by atoms with Crippen LogP contribution in [0.4, 0.5) is 0 Å². The molecule has 0 fully saturated rings. The summed E-state index contributed by atoms with van der Waals surface area (Å²) in [7, 11) is 0. The van der Waals surface area contributed by atoms with E-state index in [2.05, 4.69) is 4.98 Å². The molecule has 0 bridgehead atoms. The maximum atomic E-state index is 11.5. The Balaban J connectivity index is 2.48. The molecule has 2 aromatic rings. The maximum absolute atomic E-state index is 11.5. The Kier molecular flexibility index (Phi) is 3.26. The number of hydrogen-bond donors (Lipinski definition) is 3. The van der Waals surface area contributed by atoms with Crippen molar-refractivity contribution in [2.24, 2.45) is 0 Å². The van der Waals surface area contributed by atoms with Gasteiger partial charge in [-0.25, -0.2) is 4.79 Å². The van der Waals surface area contributed by atoms with Gasteiger partial charge >= 0.3 is 5.69 Å². The summed E-state index contributed by atoms with van der Waals surface area (Å²) in [6.45, 7) is 0. The van der Waals surface area contributed by atoms with Crippen molar-refractivity contribution in [3.8, 4) is 5.88 Å². The first-order valence-electron chi connectivity index (χ1n) is 4.56. The van der Waals surface area contributed by atoms with Gasteiger partial charge in [0, 0.05) is 4.90 Å². The number of rotatable bonds is 2. The number of benzene rings is 1. The van der Waals surface area contributed by atoms with Gasteiger partial charge in [0.2, 0.25) is 5.88 Å². The first kappa shape index (κ1) is 11.8. The third-order valence-corrected chi connectivity index (χ3v) is 3.53. The van der Waals surface area contributed by atoms with E-state index in [1.54, 1.807) is 24.3 Å². The predicted molar refractivity (Wildman–Crippen MR) is 64.9 cm³/mol. The number of nitrogens with one attached hydrogen (secondary N) is 2. The molecule has 0 saturated carbocycles. The first-order chi connectivity index (χ1) is 8.08. The van der Waals surface area contributed by atoms with Gasteiger partial charge in [-0.05, 0) is 12.1 Å². The van der Waals surface area contributed by atoms with Gasteiger partial charge in [0.05, 0.1) is 5.02 Å². The van der Waals surface area contributed by atoms with Crippen LogP contribution in [0, 0.1) is 0 Å². The zero-order valence-electron chi connectivity index (χ0n) is 8.36. The molecular weight excluding hydrogens is 264 g/mol. The standard InChI is InChI=1S/C10H7ClN2O3S/c11-5-3-1-2-4-6(5)17-7-8(14)12-10(16)13-9(7)15/h1-4H,(H3,12,13,14,15,16). The molecule has 2 rings (SSSR count). The highest BCUT2D eigenvalue weighted by Crippen LogP contribution is 2.33. The molecule has 17 heavy (non-hydrogen) atoms. The molecule has 5 nitrogen and oxygen atoms in total. The normalized spacial score (nSPS) is 10.4. The fourth-order valence-electron chi connectivity index (χ4n) is 1.20. The van der Waals surface area contributed by atoms with Crippen molar-refractivity contribution < 1.29 is 5.11 Å². The molecule has 0 atom stereocenters. The number of aromatic nitrogens is 2. The van der Waals surface area contributed by atoms with E-state index < -0.39 is 17.1 Å². The van der Waals surface area contributed by atoms with Gasteiger partial charge in [-0.2, -0.15) is 0 Å². The van der Waals surface area contributed by atoms with Crippen molar-refractivity contribution in [3.05, 3.63) is 50.1 Å². The minimum absolute atomic E-state index is 0.00213. The minimum Gasteiger partial charge on any atom is -0.494 e. The van der Waals surface area contributed by atoms with E-state index in [1.165, 1.54) is 0 Å². The predicted octanol–water partition coefficient (Wildman–Crippen LogP) is 1.57. The number of halogens is 1. The summed E-state index contributed by atoms with van der Waals surface area (Å²) in [6.07, 6.45) is 0. The molecule has 3 N–H and O–H groups in total. The summed E-state index contributed by atoms with van der Waals surface area (Å²) in [4.78, 5) is 27.1. The number of aromatic amines is 2. The van der Waals surface area contributed by atoms with Crippen LogP contribution >= 0.6 is 23.4 Å². The van der Waals surface area contributed by atoms with Crippen LogP contribution in [0.3, 0.4) is 0 Å². The molecule has 0 saturated heterocycles. The van der Waals surface area contributed by atoms with Gasteiger partial charge in [-0.3, -0.25) is 14.8 Å². The van der Waals surface area contributed by atoms with E-state index in [0.29, 0.717) is 9.92 Å². The molecule has 0 aliphatic heterocycles. The molecule has 0 spiro atoms. The van der Waals surface area contributed by atoms with E-state index in [9.17, 15) is 14.7 Å². The molecule has 0 aliphatic rings. The fraction of sp³-hybridized carbons (Fsp3) is 0. The molecule has 0 radical (unpaired) electrons. The summed E-state index contributed by atoms with van der Waals surface area (Å²) >= 11 is 6.90. The smallest absolute Gasteiger partial charge is 0.328 e. The average molecular weight is 271 g/mol. The molecule has 7 heteroatoms. The monoisotopic (exact) mass is 270 g/mol. The van der Waals surface area contributed by atoms with E-state index in [0.717, 1.165) is 11.8 Å². The molecular formula is C10H7ClN2O3S. The van der Waals surface area contributed by atoms with Crippen molar-refractivity contribution in [3.63, 3.8) is 0 Å². The quantitative estimate of drug-likeness (QED) is 0.773. The lowest BCUT2D eigenvalue weighted by Crippen LogP contribution is -2.22. The van der Waals surface area contributed by atoms with E-state index >= 15 is 0 Å². The summed E-state index contributed by atoms with van der Waals surface area (Å²) in [6, 6.07) is 6.88. The average Bonchev–Trinajstić information content (AvgIpc) is 2.25. The summed E-state index contributed by atoms with van der Waals surface area (Å²) in [5.41, 5.74) is -1.41. The van der Waals surface area contributed by atoms with Crippen LogP contribution in [0.5, 0.6) is 5.88 Å². The lowest BCUT2D eigenvalue weighted by molar-refractivity contribution is 0.433. The molecule has 0 aliphatic carbocycles. The molecule has 0 amide bonds. The molecule has 1 heterocycles. The van der Waals surface area contributed by atoms with Crippen molar-refractivity contribution in [2.75, 3.05) is 0 Å². The van der Waals surface area contributed by atoms with Gasteiger partial charge in [-0.15, -0.1) is 0 Å². The van der Waals surface area contributed by atoms with Crippen molar-refractivity contribution in [1.82, 2.24) is 9.97 Å². The Morgan fingerprint density at radius 2 is 1.88 bits per heavy atom. The van der Waals surface area contributed by atoms with Crippen LogP contribution in [-0.4, -0.2) is 15.1 Å². The highest BCUT2D eigenvalue weighted by molar-refractivity contribution is 7.99. The second-order valence-electron chi connectivity index (χ2n) is 3.12. The van der Waals surface area contributed by atoms with Crippen molar-refractivity contribution in [2.45, 2.75) is 9.79 Å². The van der Waals surface area contributed by atoms with Crippen molar-refractivity contribution >= 4 is 23.4 Å². The van der Waals surface area contributed by atoms with Crippen LogP contribution in [0.1, 0.15) is 0 Å². The van der Waals surface area contributed by atoms with Crippen LogP contribution < -0.4 is 11.2 Å². The molecule has 88 valence electrons. The minimum atomic E-state index is -0.754. The number of hydrogen-bond acceptors (Lipinski definition) is 4. The van der Waals surface area contributed by atoms with E-state index in [1.807, 2.05) is 4.98 Å². The third kappa shape index (κ3) is 2.54. The zero-order valence-corrected chi connectivity index (χ0v) is 9.93. The Bertz CT molecular complexity index is 665. The van der Waals surface area contributed by atoms with Crippen molar-refractivity contribution in [1.29, 1.82) is 0 Å². The van der Waals surface area contributed by atoms with Gasteiger partial charge in [0.25, 0.3) is 5.56 Å². The SMILES string of the molecule is O=c1[nH]c(O)c(Sc2ccccc2Cl)c(=O)[nH]1. The first-order valence-corrected chi connectivity index (χ1v) is 5.75. The molecule has 1 aromatic heterocycles. The van der Waals surface area contributed by atoms with Crippen LogP contribution in [0.2, 0.25) is 5.02 Å². The second kappa shape index (κ2) is 4.68. The lowest BCUT2D eigenvalue weighted by Gasteiger charge is -2.03. The summed E-state index contributed by atoms with van der Waals surface area (Å²) in [5, 5.41) is 9.95. The fourth-order valence-corrected chi connectivity index (χ4v) is 2.27. The number of aromatic hydroxyl groups is 1. The van der Waals surface area contributed by atoms with Gasteiger partial charge in [0.15, 0.2) is 0 Å². The lowest BCUT2D eigenvalue weighted by atomic mass is 10.4. The van der Waals surface area contributed by atoms with Crippen LogP contribution in [-0.2, 0) is 0 Å². The van der Waals surface area contributed by atoms with Gasteiger partial charge in [0.1, 0.15) is 4.90 Å². The Morgan fingerprint density at radius 1 is 1.18 bits per heavy atom. The van der Waals surface area contributed by atoms with E-state index in [-0.39, 0.29) is 4.90 Å². The third-order valence-electron chi connectivity index (χ3n) is 1.93. The van der Waals surface area contributed by atoms with Gasteiger partial charge < -0.3 is 5.11 Å². The van der Waals surface area contributed by atoms with E-state index in [4.69, 9.17) is 11.6 Å². The molecule has 1 aromatic carbocycles. The maximum Gasteiger partial charge on any atom is 0.328 e. The summed E-state index contributed by atoms with van der Waals surface area (Å²) < 4.78 is 0. The Labute approximate surface area is 104 Å². The molecule has 0 unspecified atom stereocenters. The topological polar surface area (TPSA) is 85.9 Å². The Hall–Kier alpha value is -1.66. The van der Waals surface area contributed by atoms with Crippen LogP contribution in [0.15, 0.2) is 43.6 Å². The number of H-pyrrole nitrogens is 2. The second-order valence-corrected chi connectivity index (χ2v) is 4.58. The Morgan fingerprint density at radius 3 is 2.53 bits per heavy atom. The summed E-state index contributed by atoms with van der Waals surface area (Å²) in [5.74, 6) is -0.469. The van der Waals surface area contributed by atoms with Crippen LogP contribution in [0.25, 0.3) is 0 Å². The highest BCUT2D eigenvalue weighted by atomic mass is 35.5. The highest BCUT2D eigenvalue weighted by Gasteiger charge is 2.11. The largest absolute Gasteiger partial charge is 0.494 e. The van der Waals surface area contributed by atoms with Gasteiger partial charge in [-0.1, -0.05) is 35.5 Å². The zero-order chi connectivity index (χ0) is 12.4.